The predicted molar refractivity (Wildman–Crippen MR) is 68.4 cm³/mol. The quantitative estimate of drug-likeness (QED) is 0.521. The number of anilines is 1. The minimum atomic E-state index is -0.618. The summed E-state index contributed by atoms with van der Waals surface area (Å²) in [6.45, 7) is -0.278. The molecular weight excluding hydrogens is 249 g/mol. The van der Waals surface area contributed by atoms with Crippen molar-refractivity contribution in [2.24, 2.45) is 0 Å². The SMILES string of the molecule is Nc1cccc(OCC(=O)Oc2cccc(F)c2)c1. The van der Waals surface area contributed by atoms with Crippen molar-refractivity contribution in [1.82, 2.24) is 0 Å². The minimum absolute atomic E-state index is 0.140. The van der Waals surface area contributed by atoms with Gasteiger partial charge in [0, 0.05) is 17.8 Å². The van der Waals surface area contributed by atoms with Crippen LogP contribution in [0.25, 0.3) is 0 Å². The number of nitrogens with two attached hydrogens (primary N) is 1. The van der Waals surface area contributed by atoms with Gasteiger partial charge in [-0.25, -0.2) is 9.18 Å². The van der Waals surface area contributed by atoms with Gasteiger partial charge >= 0.3 is 5.97 Å². The molecule has 0 bridgehead atoms. The van der Waals surface area contributed by atoms with Crippen molar-refractivity contribution in [3.63, 3.8) is 0 Å². The van der Waals surface area contributed by atoms with Crippen molar-refractivity contribution >= 4 is 11.7 Å². The molecule has 19 heavy (non-hydrogen) atoms. The van der Waals surface area contributed by atoms with Crippen LogP contribution in [0.15, 0.2) is 48.5 Å². The second-order valence-corrected chi connectivity index (χ2v) is 3.79. The molecule has 0 aliphatic rings. The van der Waals surface area contributed by atoms with Gasteiger partial charge in [0.15, 0.2) is 6.61 Å². The first-order valence-corrected chi connectivity index (χ1v) is 5.58. The van der Waals surface area contributed by atoms with Crippen LogP contribution in [0, 0.1) is 5.82 Å². The van der Waals surface area contributed by atoms with E-state index in [2.05, 4.69) is 0 Å². The topological polar surface area (TPSA) is 61.5 Å². The Kier molecular flexibility index (Phi) is 3.97. The molecule has 0 spiro atoms. The summed E-state index contributed by atoms with van der Waals surface area (Å²) in [5.74, 6) is -0.479. The summed E-state index contributed by atoms with van der Waals surface area (Å²) in [7, 11) is 0. The fourth-order valence-electron chi connectivity index (χ4n) is 1.44. The predicted octanol–water partition coefficient (Wildman–Crippen LogP) is 2.39. The highest BCUT2D eigenvalue weighted by atomic mass is 19.1. The zero-order valence-electron chi connectivity index (χ0n) is 10.0. The van der Waals surface area contributed by atoms with Gasteiger partial charge in [0.2, 0.25) is 0 Å². The van der Waals surface area contributed by atoms with E-state index >= 15 is 0 Å². The summed E-state index contributed by atoms with van der Waals surface area (Å²) in [6.07, 6.45) is 0. The van der Waals surface area contributed by atoms with Crippen molar-refractivity contribution < 1.29 is 18.7 Å². The third-order valence-electron chi connectivity index (χ3n) is 2.24. The maximum absolute atomic E-state index is 12.9. The van der Waals surface area contributed by atoms with Crippen LogP contribution in [-0.4, -0.2) is 12.6 Å². The number of nitrogen functional groups attached to an aromatic ring is 1. The monoisotopic (exact) mass is 261 g/mol. The van der Waals surface area contributed by atoms with E-state index in [-0.39, 0.29) is 12.4 Å². The van der Waals surface area contributed by atoms with E-state index in [4.69, 9.17) is 15.2 Å². The van der Waals surface area contributed by atoms with Crippen molar-refractivity contribution in [3.8, 4) is 11.5 Å². The summed E-state index contributed by atoms with van der Waals surface area (Å²) in [5.41, 5.74) is 6.11. The molecular formula is C14H12FNO3. The average Bonchev–Trinajstić information content (AvgIpc) is 2.36. The van der Waals surface area contributed by atoms with Crippen LogP contribution >= 0.6 is 0 Å². The summed E-state index contributed by atoms with van der Waals surface area (Å²) in [6, 6.07) is 12.0. The Morgan fingerprint density at radius 2 is 1.84 bits per heavy atom. The van der Waals surface area contributed by atoms with Crippen LogP contribution in [0.5, 0.6) is 11.5 Å². The Hall–Kier alpha value is -2.56. The molecule has 0 aromatic heterocycles. The minimum Gasteiger partial charge on any atom is -0.482 e. The van der Waals surface area contributed by atoms with E-state index in [1.807, 2.05) is 0 Å². The standard InChI is InChI=1S/C14H12FNO3/c15-10-3-1-6-13(7-10)19-14(17)9-18-12-5-2-4-11(16)8-12/h1-8H,9,16H2. The molecule has 2 N–H and O–H groups in total. The Balaban J connectivity index is 1.88. The molecule has 0 atom stereocenters. The molecule has 0 aliphatic carbocycles. The van der Waals surface area contributed by atoms with E-state index in [9.17, 15) is 9.18 Å². The van der Waals surface area contributed by atoms with Gasteiger partial charge in [0.1, 0.15) is 17.3 Å². The largest absolute Gasteiger partial charge is 0.482 e. The molecule has 2 aromatic carbocycles. The van der Waals surface area contributed by atoms with Gasteiger partial charge in [-0.2, -0.15) is 0 Å². The molecule has 0 saturated heterocycles. The number of halogens is 1. The molecule has 4 nitrogen and oxygen atoms in total. The van der Waals surface area contributed by atoms with Crippen molar-refractivity contribution in [1.29, 1.82) is 0 Å². The molecule has 0 amide bonds. The molecule has 0 unspecified atom stereocenters. The third kappa shape index (κ3) is 3.99. The van der Waals surface area contributed by atoms with Crippen molar-refractivity contribution in [2.45, 2.75) is 0 Å². The fourth-order valence-corrected chi connectivity index (χ4v) is 1.44. The Bertz CT molecular complexity index is 586. The molecule has 0 fully saturated rings. The first-order chi connectivity index (χ1) is 9.13. The number of hydrogen-bond acceptors (Lipinski definition) is 4. The highest BCUT2D eigenvalue weighted by Gasteiger charge is 2.06. The number of ether oxygens (including phenoxy) is 2. The lowest BCUT2D eigenvalue weighted by molar-refractivity contribution is -0.136. The normalized spacial score (nSPS) is 9.95. The number of benzene rings is 2. The van der Waals surface area contributed by atoms with E-state index in [1.54, 1.807) is 24.3 Å². The Morgan fingerprint density at radius 3 is 2.58 bits per heavy atom. The summed E-state index contributed by atoms with van der Waals surface area (Å²) >= 11 is 0. The number of esters is 1. The molecule has 2 rings (SSSR count). The molecule has 5 heteroatoms. The second kappa shape index (κ2) is 5.86. The maximum atomic E-state index is 12.9. The van der Waals surface area contributed by atoms with Gasteiger partial charge in [-0.3, -0.25) is 0 Å². The highest BCUT2D eigenvalue weighted by Crippen LogP contribution is 2.15. The third-order valence-corrected chi connectivity index (χ3v) is 2.24. The van der Waals surface area contributed by atoms with Gasteiger partial charge in [-0.05, 0) is 24.3 Å². The van der Waals surface area contributed by atoms with Gasteiger partial charge in [-0.15, -0.1) is 0 Å². The first kappa shape index (κ1) is 12.9. The number of carbonyl (C=O) groups is 1. The summed E-state index contributed by atoms with van der Waals surface area (Å²) in [5, 5.41) is 0. The second-order valence-electron chi connectivity index (χ2n) is 3.79. The van der Waals surface area contributed by atoms with Crippen LogP contribution in [0.3, 0.4) is 0 Å². The van der Waals surface area contributed by atoms with Crippen LogP contribution in [0.4, 0.5) is 10.1 Å². The lowest BCUT2D eigenvalue weighted by atomic mass is 10.3. The maximum Gasteiger partial charge on any atom is 0.349 e. The van der Waals surface area contributed by atoms with Gasteiger partial charge < -0.3 is 15.2 Å². The lowest BCUT2D eigenvalue weighted by Gasteiger charge is -2.07. The van der Waals surface area contributed by atoms with Gasteiger partial charge in [-0.1, -0.05) is 12.1 Å². The molecule has 98 valence electrons. The highest BCUT2D eigenvalue weighted by molar-refractivity contribution is 5.74. The number of hydrogen-bond donors (Lipinski definition) is 1. The fraction of sp³-hybridized carbons (Fsp3) is 0.0714. The van der Waals surface area contributed by atoms with Gasteiger partial charge in [0.05, 0.1) is 0 Å². The van der Waals surface area contributed by atoms with E-state index in [0.717, 1.165) is 6.07 Å². The molecule has 0 radical (unpaired) electrons. The summed E-state index contributed by atoms with van der Waals surface area (Å²) < 4.78 is 23.0. The zero-order valence-corrected chi connectivity index (χ0v) is 10.0. The molecule has 0 saturated carbocycles. The Labute approximate surface area is 109 Å². The van der Waals surface area contributed by atoms with Crippen LogP contribution in [-0.2, 0) is 4.79 Å². The molecule has 0 heterocycles. The van der Waals surface area contributed by atoms with Crippen molar-refractivity contribution in [2.75, 3.05) is 12.3 Å². The average molecular weight is 261 g/mol. The molecule has 2 aromatic rings. The zero-order chi connectivity index (χ0) is 13.7. The van der Waals surface area contributed by atoms with Crippen LogP contribution in [0.1, 0.15) is 0 Å². The molecule has 0 aliphatic heterocycles. The smallest absolute Gasteiger partial charge is 0.349 e. The van der Waals surface area contributed by atoms with E-state index in [1.165, 1.54) is 18.2 Å². The van der Waals surface area contributed by atoms with E-state index in [0.29, 0.717) is 11.4 Å². The number of rotatable bonds is 4. The number of carbonyl (C=O) groups excluding carboxylic acids is 1. The first-order valence-electron chi connectivity index (χ1n) is 5.58. The van der Waals surface area contributed by atoms with Crippen LogP contribution in [0.2, 0.25) is 0 Å². The lowest BCUT2D eigenvalue weighted by Crippen LogP contribution is -2.17. The summed E-state index contributed by atoms with van der Waals surface area (Å²) in [4.78, 5) is 11.5. The van der Waals surface area contributed by atoms with Crippen LogP contribution < -0.4 is 15.2 Å². The van der Waals surface area contributed by atoms with Crippen molar-refractivity contribution in [3.05, 3.63) is 54.3 Å². The van der Waals surface area contributed by atoms with Gasteiger partial charge in [0.25, 0.3) is 0 Å². The Morgan fingerprint density at radius 1 is 1.11 bits per heavy atom. The van der Waals surface area contributed by atoms with E-state index < -0.39 is 11.8 Å².